The Morgan fingerprint density at radius 1 is 1.19 bits per heavy atom. The molecule has 2 aliphatic heterocycles. The number of urea groups is 1. The van der Waals surface area contributed by atoms with Crippen molar-refractivity contribution in [2.24, 2.45) is 0 Å². The number of hydrogen-bond donors (Lipinski definition) is 2. The molecule has 6 nitrogen and oxygen atoms in total. The van der Waals surface area contributed by atoms with Gasteiger partial charge in [0.25, 0.3) is 0 Å². The number of nitrogens with one attached hydrogen (secondary N) is 2. The molecule has 3 rings (SSSR count). The Hall–Kier alpha value is -2.08. The van der Waals surface area contributed by atoms with Crippen LogP contribution in [0.2, 0.25) is 0 Å². The van der Waals surface area contributed by atoms with Crippen molar-refractivity contribution < 1.29 is 9.59 Å². The fraction of sp³-hybridized carbons (Fsp3) is 0.619. The minimum absolute atomic E-state index is 0.110. The number of fused-ring (bicyclic) bond motifs is 1. The Labute approximate surface area is 162 Å². The quantitative estimate of drug-likeness (QED) is 0.774. The average Bonchev–Trinajstić information content (AvgIpc) is 3.19. The second-order valence-electron chi connectivity index (χ2n) is 8.04. The van der Waals surface area contributed by atoms with Crippen molar-refractivity contribution in [2.45, 2.75) is 50.5 Å². The summed E-state index contributed by atoms with van der Waals surface area (Å²) in [4.78, 5) is 28.2. The molecule has 0 radical (unpaired) electrons. The molecule has 6 heteroatoms. The van der Waals surface area contributed by atoms with Gasteiger partial charge in [-0.2, -0.15) is 0 Å². The average molecular weight is 373 g/mol. The Bertz CT molecular complexity index is 664. The van der Waals surface area contributed by atoms with Crippen LogP contribution in [0.5, 0.6) is 0 Å². The largest absolute Gasteiger partial charge is 0.349 e. The van der Waals surface area contributed by atoms with Crippen LogP contribution < -0.4 is 10.6 Å². The summed E-state index contributed by atoms with van der Waals surface area (Å²) in [6.45, 7) is 3.14. The predicted octanol–water partition coefficient (Wildman–Crippen LogP) is 2.85. The molecule has 3 amide bonds. The van der Waals surface area contributed by atoms with Crippen molar-refractivity contribution in [3.05, 3.63) is 29.8 Å². The van der Waals surface area contributed by atoms with E-state index in [1.165, 1.54) is 38.8 Å². The van der Waals surface area contributed by atoms with Crippen molar-refractivity contribution in [1.29, 1.82) is 0 Å². The second kappa shape index (κ2) is 8.74. The molecule has 0 atom stereocenters. The minimum atomic E-state index is -0.157. The van der Waals surface area contributed by atoms with Crippen LogP contribution >= 0.6 is 0 Å². The number of anilines is 1. The lowest BCUT2D eigenvalue weighted by atomic mass is 9.90. The first-order chi connectivity index (χ1) is 13.0. The molecule has 0 aromatic heterocycles. The number of hydrogen-bond acceptors (Lipinski definition) is 3. The third kappa shape index (κ3) is 5.01. The summed E-state index contributed by atoms with van der Waals surface area (Å²) < 4.78 is 0. The summed E-state index contributed by atoms with van der Waals surface area (Å²) >= 11 is 0. The fourth-order valence-electron chi connectivity index (χ4n) is 4.50. The van der Waals surface area contributed by atoms with Gasteiger partial charge in [0.2, 0.25) is 5.91 Å². The first kappa shape index (κ1) is 19.7. The van der Waals surface area contributed by atoms with Gasteiger partial charge in [-0.15, -0.1) is 0 Å². The normalized spacial score (nSPS) is 18.1. The molecule has 0 unspecified atom stereocenters. The van der Waals surface area contributed by atoms with E-state index in [1.807, 2.05) is 24.3 Å². The molecule has 1 aromatic carbocycles. The Balaban J connectivity index is 1.44. The minimum Gasteiger partial charge on any atom is -0.349 e. The maximum absolute atomic E-state index is 12.2. The molecule has 27 heavy (non-hydrogen) atoms. The third-order valence-corrected chi connectivity index (χ3v) is 6.00. The molecule has 2 saturated heterocycles. The van der Waals surface area contributed by atoms with E-state index in [0.717, 1.165) is 17.7 Å². The van der Waals surface area contributed by atoms with E-state index in [2.05, 4.69) is 15.5 Å². The van der Waals surface area contributed by atoms with Gasteiger partial charge in [-0.3, -0.25) is 9.69 Å². The van der Waals surface area contributed by atoms with E-state index in [-0.39, 0.29) is 11.9 Å². The topological polar surface area (TPSA) is 64.7 Å². The van der Waals surface area contributed by atoms with Gasteiger partial charge in [0.1, 0.15) is 0 Å². The fourth-order valence-corrected chi connectivity index (χ4v) is 4.50. The number of carbonyl (C=O) groups excluding carboxylic acids is 2. The van der Waals surface area contributed by atoms with Crippen LogP contribution in [-0.4, -0.2) is 61.0 Å². The smallest absolute Gasteiger partial charge is 0.319 e. The van der Waals surface area contributed by atoms with Gasteiger partial charge in [-0.05, 0) is 69.3 Å². The van der Waals surface area contributed by atoms with Crippen molar-refractivity contribution in [3.63, 3.8) is 0 Å². The summed E-state index contributed by atoms with van der Waals surface area (Å²) in [6.07, 6.45) is 7.29. The highest BCUT2D eigenvalue weighted by Gasteiger charge is 2.43. The lowest BCUT2D eigenvalue weighted by Gasteiger charge is -2.32. The van der Waals surface area contributed by atoms with E-state index in [0.29, 0.717) is 24.9 Å². The standard InChI is InChI=1S/C21H32N4O2/c1-24(2)19(26)9-8-17-6-3-7-18(16-17)23-20(27)22-13-12-21-10-4-14-25(21)15-5-11-21/h3,6-7,16H,4-5,8-15H2,1-2H3,(H2,22,23,27). The van der Waals surface area contributed by atoms with E-state index in [4.69, 9.17) is 0 Å². The van der Waals surface area contributed by atoms with Gasteiger partial charge >= 0.3 is 6.03 Å². The van der Waals surface area contributed by atoms with Gasteiger partial charge < -0.3 is 15.5 Å². The molecular weight excluding hydrogens is 340 g/mol. The Kier molecular flexibility index (Phi) is 6.37. The van der Waals surface area contributed by atoms with Crippen LogP contribution in [0.15, 0.2) is 24.3 Å². The molecular formula is C21H32N4O2. The molecule has 0 spiro atoms. The molecule has 0 bridgehead atoms. The zero-order valence-corrected chi connectivity index (χ0v) is 16.6. The maximum atomic E-state index is 12.2. The number of amides is 3. The van der Waals surface area contributed by atoms with E-state index in [1.54, 1.807) is 19.0 Å². The molecule has 2 heterocycles. The van der Waals surface area contributed by atoms with Crippen LogP contribution in [0.1, 0.15) is 44.1 Å². The van der Waals surface area contributed by atoms with Gasteiger partial charge in [0.15, 0.2) is 0 Å². The molecule has 2 N–H and O–H groups in total. The van der Waals surface area contributed by atoms with Crippen molar-refractivity contribution in [3.8, 4) is 0 Å². The van der Waals surface area contributed by atoms with Gasteiger partial charge in [-0.25, -0.2) is 4.79 Å². The zero-order chi connectivity index (χ0) is 19.3. The van der Waals surface area contributed by atoms with Crippen LogP contribution in [-0.2, 0) is 11.2 Å². The molecule has 148 valence electrons. The van der Waals surface area contributed by atoms with Crippen molar-refractivity contribution in [2.75, 3.05) is 39.0 Å². The Morgan fingerprint density at radius 3 is 2.63 bits per heavy atom. The van der Waals surface area contributed by atoms with Crippen molar-refractivity contribution >= 4 is 17.6 Å². The van der Waals surface area contributed by atoms with E-state index >= 15 is 0 Å². The van der Waals surface area contributed by atoms with Crippen LogP contribution in [0.3, 0.4) is 0 Å². The molecule has 2 aliphatic rings. The van der Waals surface area contributed by atoms with Gasteiger partial charge in [-0.1, -0.05) is 12.1 Å². The zero-order valence-electron chi connectivity index (χ0n) is 16.6. The van der Waals surface area contributed by atoms with Gasteiger partial charge in [0, 0.05) is 38.3 Å². The monoisotopic (exact) mass is 372 g/mol. The third-order valence-electron chi connectivity index (χ3n) is 6.00. The lowest BCUT2D eigenvalue weighted by molar-refractivity contribution is -0.128. The Morgan fingerprint density at radius 2 is 1.93 bits per heavy atom. The lowest BCUT2D eigenvalue weighted by Crippen LogP contribution is -2.42. The van der Waals surface area contributed by atoms with Gasteiger partial charge in [0.05, 0.1) is 0 Å². The highest BCUT2D eigenvalue weighted by molar-refractivity contribution is 5.89. The molecule has 2 fully saturated rings. The molecule has 0 aliphatic carbocycles. The summed E-state index contributed by atoms with van der Waals surface area (Å²) in [5.41, 5.74) is 2.16. The molecule has 0 saturated carbocycles. The summed E-state index contributed by atoms with van der Waals surface area (Å²) in [5.74, 6) is 0.110. The summed E-state index contributed by atoms with van der Waals surface area (Å²) in [5, 5.41) is 5.93. The first-order valence-electron chi connectivity index (χ1n) is 10.1. The summed E-state index contributed by atoms with van der Waals surface area (Å²) in [6, 6.07) is 7.57. The van der Waals surface area contributed by atoms with Crippen LogP contribution in [0.25, 0.3) is 0 Å². The van der Waals surface area contributed by atoms with Crippen LogP contribution in [0, 0.1) is 0 Å². The van der Waals surface area contributed by atoms with Crippen molar-refractivity contribution in [1.82, 2.24) is 15.1 Å². The molecule has 1 aromatic rings. The highest BCUT2D eigenvalue weighted by atomic mass is 16.2. The van der Waals surface area contributed by atoms with Crippen LogP contribution in [0.4, 0.5) is 10.5 Å². The summed E-state index contributed by atoms with van der Waals surface area (Å²) in [7, 11) is 3.53. The van der Waals surface area contributed by atoms with E-state index in [9.17, 15) is 9.59 Å². The first-order valence-corrected chi connectivity index (χ1v) is 10.1. The number of carbonyl (C=O) groups is 2. The number of nitrogens with zero attached hydrogens (tertiary/aromatic N) is 2. The second-order valence-corrected chi connectivity index (χ2v) is 8.04. The SMILES string of the molecule is CN(C)C(=O)CCc1cccc(NC(=O)NCCC23CCCN2CCC3)c1. The maximum Gasteiger partial charge on any atom is 0.319 e. The highest BCUT2D eigenvalue weighted by Crippen LogP contribution is 2.40. The number of rotatable bonds is 7. The number of aryl methyl sites for hydroxylation is 1. The predicted molar refractivity (Wildman–Crippen MR) is 108 cm³/mol. The number of benzene rings is 1. The van der Waals surface area contributed by atoms with E-state index < -0.39 is 0 Å².